The van der Waals surface area contributed by atoms with Crippen molar-refractivity contribution in [3.05, 3.63) is 85.0 Å². The third-order valence-corrected chi connectivity index (χ3v) is 5.09. The van der Waals surface area contributed by atoms with Gasteiger partial charge in [-0.1, -0.05) is 164 Å². The molecule has 0 radical (unpaired) electrons. The maximum absolute atomic E-state index is 2.33. The topological polar surface area (TPSA) is 0 Å². The lowest BCUT2D eigenvalue weighted by atomic mass is 10.4. The van der Waals surface area contributed by atoms with Gasteiger partial charge >= 0.3 is 0 Å². The van der Waals surface area contributed by atoms with Crippen LogP contribution in [0, 0.1) is 0 Å². The quantitative estimate of drug-likeness (QED) is 0.267. The predicted molar refractivity (Wildman–Crippen MR) is 176 cm³/mol. The van der Waals surface area contributed by atoms with Crippen LogP contribution in [0.25, 0.3) is 0 Å². The third-order valence-electron chi connectivity index (χ3n) is 2.94. The Morgan fingerprint density at radius 1 is 0.471 bits per heavy atom. The Bertz CT molecular complexity index is 682. The largest absolute Gasteiger partial charge is 0.0808 e. The van der Waals surface area contributed by atoms with Gasteiger partial charge in [0.15, 0.2) is 0 Å². The van der Waals surface area contributed by atoms with E-state index in [1.54, 1.807) is 0 Å². The molecule has 0 atom stereocenters. The Morgan fingerprint density at radius 3 is 0.882 bits per heavy atom. The smallest absolute Gasteiger partial charge is 0.0411 e. The molecule has 0 N–H and O–H groups in total. The first-order valence-corrected chi connectivity index (χ1v) is 26.3. The minimum atomic E-state index is -0.611. The summed E-state index contributed by atoms with van der Waals surface area (Å²) in [5.74, 6) is 0. The zero-order chi connectivity index (χ0) is 26.8. The van der Waals surface area contributed by atoms with Gasteiger partial charge in [0.1, 0.15) is 0 Å². The standard InChI is InChI=1S/C13H13P.C5H6.3C4H12Si/c1-14(12-8-4-2-5-9-12)13-10-6-3-7-11-13;1-2-4-5-3-1;3*1-5(2,3)4/h2-11H,1H3;1-4H,5H2;3*1-4H3. The first-order chi connectivity index (χ1) is 15.4. The molecule has 0 unspecified atom stereocenters. The van der Waals surface area contributed by atoms with E-state index in [9.17, 15) is 0 Å². The highest BCUT2D eigenvalue weighted by Crippen LogP contribution is 2.27. The van der Waals surface area contributed by atoms with Gasteiger partial charge in [0, 0.05) is 24.2 Å². The molecule has 0 saturated heterocycles. The molecule has 2 aromatic rings. The van der Waals surface area contributed by atoms with Crippen LogP contribution in [0.15, 0.2) is 85.0 Å². The van der Waals surface area contributed by atoms with Gasteiger partial charge in [0.05, 0.1) is 0 Å². The normalized spacial score (nSPS) is 12.2. The number of hydrogen-bond acceptors (Lipinski definition) is 0. The summed E-state index contributed by atoms with van der Waals surface area (Å²) in [5, 5.41) is 2.88. The molecule has 0 spiro atoms. The number of allylic oxidation sites excluding steroid dienone is 4. The van der Waals surface area contributed by atoms with E-state index in [0.717, 1.165) is 6.42 Å². The molecule has 0 heterocycles. The first-order valence-electron chi connectivity index (χ1n) is 12.5. The number of rotatable bonds is 2. The molecule has 0 saturated carbocycles. The summed E-state index contributed by atoms with van der Waals surface area (Å²) in [5.41, 5.74) is 0. The van der Waals surface area contributed by atoms with Crippen molar-refractivity contribution < 1.29 is 0 Å². The highest BCUT2D eigenvalue weighted by atomic mass is 31.1. The fraction of sp³-hybridized carbons (Fsp3) is 0.467. The van der Waals surface area contributed by atoms with Gasteiger partial charge in [0.25, 0.3) is 0 Å². The molecule has 0 nitrogen and oxygen atoms in total. The fourth-order valence-corrected chi connectivity index (χ4v) is 3.38. The summed E-state index contributed by atoms with van der Waals surface area (Å²) in [7, 11) is -2.00. The van der Waals surface area contributed by atoms with Crippen LogP contribution in [0.4, 0.5) is 0 Å². The maximum atomic E-state index is 2.33. The summed E-state index contributed by atoms with van der Waals surface area (Å²) >= 11 is 0. The number of hydrogen-bond donors (Lipinski definition) is 0. The van der Waals surface area contributed by atoms with Gasteiger partial charge < -0.3 is 0 Å². The van der Waals surface area contributed by atoms with E-state index in [2.05, 4.69) is 170 Å². The van der Waals surface area contributed by atoms with E-state index in [1.165, 1.54) is 10.6 Å². The van der Waals surface area contributed by atoms with Crippen LogP contribution in [0.1, 0.15) is 6.42 Å². The monoisotopic (exact) mass is 530 g/mol. The van der Waals surface area contributed by atoms with Crippen LogP contribution in [-0.4, -0.2) is 30.9 Å². The van der Waals surface area contributed by atoms with Crippen LogP contribution < -0.4 is 10.6 Å². The molecule has 1 aliphatic carbocycles. The SMILES string of the molecule is C1=CCC=C1.CP(c1ccccc1)c1ccccc1.C[Si](C)(C)C.C[Si](C)(C)C.C[Si](C)(C)C. The van der Waals surface area contributed by atoms with Crippen molar-refractivity contribution in [3.8, 4) is 0 Å². The number of benzene rings is 2. The summed E-state index contributed by atoms with van der Waals surface area (Å²) < 4.78 is 0. The van der Waals surface area contributed by atoms with Crippen molar-refractivity contribution in [2.75, 3.05) is 6.66 Å². The summed E-state index contributed by atoms with van der Waals surface area (Å²) in [4.78, 5) is 0. The van der Waals surface area contributed by atoms with Gasteiger partial charge in [-0.25, -0.2) is 0 Å². The molecule has 34 heavy (non-hydrogen) atoms. The second kappa shape index (κ2) is 18.3. The van der Waals surface area contributed by atoms with Crippen molar-refractivity contribution in [1.82, 2.24) is 0 Å². The van der Waals surface area contributed by atoms with Crippen molar-refractivity contribution in [1.29, 1.82) is 0 Å². The van der Waals surface area contributed by atoms with Crippen molar-refractivity contribution in [3.63, 3.8) is 0 Å². The Morgan fingerprint density at radius 2 is 0.706 bits per heavy atom. The molecule has 3 rings (SSSR count). The van der Waals surface area contributed by atoms with Crippen LogP contribution in [0.2, 0.25) is 78.6 Å². The lowest BCUT2D eigenvalue weighted by Gasteiger charge is -2.12. The molecule has 192 valence electrons. The second-order valence-corrected chi connectivity index (χ2v) is 33.5. The highest BCUT2D eigenvalue weighted by Gasteiger charge is 2.05. The Kier molecular flexibility index (Phi) is 18.9. The fourth-order valence-electron chi connectivity index (χ4n) is 1.85. The second-order valence-electron chi connectivity index (χ2n) is 13.3. The van der Waals surface area contributed by atoms with Crippen molar-refractivity contribution in [2.24, 2.45) is 0 Å². The molecule has 0 bridgehead atoms. The zero-order valence-corrected chi connectivity index (χ0v) is 28.6. The molecular weight excluding hydrogens is 476 g/mol. The van der Waals surface area contributed by atoms with E-state index in [-0.39, 0.29) is 7.92 Å². The molecule has 0 aliphatic heterocycles. The molecule has 2 aromatic carbocycles. The van der Waals surface area contributed by atoms with Crippen LogP contribution in [-0.2, 0) is 0 Å². The Balaban J connectivity index is 0. The van der Waals surface area contributed by atoms with E-state index in [1.807, 2.05) is 0 Å². The predicted octanol–water partition coefficient (Wildman–Crippen LogP) is 10.1. The molecular formula is C30H55PSi3. The Labute approximate surface area is 218 Å². The van der Waals surface area contributed by atoms with Gasteiger partial charge in [-0.2, -0.15) is 0 Å². The molecule has 1 aliphatic rings. The van der Waals surface area contributed by atoms with Gasteiger partial charge in [0.2, 0.25) is 0 Å². The van der Waals surface area contributed by atoms with E-state index in [4.69, 9.17) is 0 Å². The minimum Gasteiger partial charge on any atom is -0.0808 e. The van der Waals surface area contributed by atoms with E-state index < -0.39 is 24.2 Å². The van der Waals surface area contributed by atoms with Gasteiger partial charge in [-0.3, -0.25) is 0 Å². The molecule has 0 amide bonds. The van der Waals surface area contributed by atoms with Crippen LogP contribution >= 0.6 is 7.92 Å². The van der Waals surface area contributed by atoms with Crippen molar-refractivity contribution in [2.45, 2.75) is 85.0 Å². The van der Waals surface area contributed by atoms with Crippen molar-refractivity contribution >= 4 is 42.8 Å². The average molecular weight is 531 g/mol. The minimum absolute atomic E-state index is 0.171. The molecule has 4 heteroatoms. The summed E-state index contributed by atoms with van der Waals surface area (Å²) in [6.07, 6.45) is 9.50. The van der Waals surface area contributed by atoms with Gasteiger partial charge in [-0.15, -0.1) is 0 Å². The molecule has 0 aromatic heterocycles. The lowest BCUT2D eigenvalue weighted by molar-refractivity contribution is 1.45. The maximum Gasteiger partial charge on any atom is 0.0411 e. The third kappa shape index (κ3) is 35.6. The zero-order valence-electron chi connectivity index (χ0n) is 24.7. The van der Waals surface area contributed by atoms with Gasteiger partial charge in [-0.05, 0) is 31.6 Å². The van der Waals surface area contributed by atoms with Crippen LogP contribution in [0.5, 0.6) is 0 Å². The Hall–Kier alpha value is -0.999. The summed E-state index contributed by atoms with van der Waals surface area (Å²) in [6, 6.07) is 21.4. The first kappa shape index (κ1) is 35.2. The molecule has 0 fully saturated rings. The highest BCUT2D eigenvalue weighted by molar-refractivity contribution is 7.72. The van der Waals surface area contributed by atoms with Crippen LogP contribution in [0.3, 0.4) is 0 Å². The summed E-state index contributed by atoms with van der Waals surface area (Å²) in [6.45, 7) is 30.2. The van der Waals surface area contributed by atoms with E-state index >= 15 is 0 Å². The lowest BCUT2D eigenvalue weighted by Crippen LogP contribution is -2.10. The average Bonchev–Trinajstić information content (AvgIpc) is 3.25. The van der Waals surface area contributed by atoms with E-state index in [0.29, 0.717) is 0 Å².